The van der Waals surface area contributed by atoms with E-state index in [0.29, 0.717) is 0 Å². The molecule has 0 saturated carbocycles. The van der Waals surface area contributed by atoms with Crippen molar-refractivity contribution in [1.29, 1.82) is 0 Å². The molecular weight excluding hydrogens is 267 g/mol. The van der Waals surface area contributed by atoms with Gasteiger partial charge in [0.05, 0.1) is 11.2 Å². The van der Waals surface area contributed by atoms with E-state index in [2.05, 4.69) is 0 Å². The Hall–Kier alpha value is -1.47. The van der Waals surface area contributed by atoms with E-state index in [-0.39, 0.29) is 11.9 Å². The molecule has 1 aliphatic rings. The molecule has 1 fully saturated rings. The lowest BCUT2D eigenvalue weighted by atomic mass is 9.79. The first kappa shape index (κ1) is 14.9. The highest BCUT2D eigenvalue weighted by Gasteiger charge is 2.51. The first-order valence-corrected chi connectivity index (χ1v) is 6.23. The average Bonchev–Trinajstić information content (AvgIpc) is 2.53. The van der Waals surface area contributed by atoms with E-state index in [1.165, 1.54) is 0 Å². The number of carbonyl (C=O) groups is 1. The zero-order valence-corrected chi connectivity index (χ0v) is 11.8. The lowest BCUT2D eigenvalue weighted by Crippen LogP contribution is -2.41. The van der Waals surface area contributed by atoms with E-state index in [4.69, 9.17) is 9.31 Å². The monoisotopic (exact) mass is 283 g/mol. The third kappa shape index (κ3) is 2.43. The molecule has 20 heavy (non-hydrogen) atoms. The SMILES string of the molecule is CC1(C)OB(c2cc(F)c(NC=O)c(F)c2)OC1(C)C. The van der Waals surface area contributed by atoms with Crippen LogP contribution in [-0.2, 0) is 14.1 Å². The van der Waals surface area contributed by atoms with E-state index in [9.17, 15) is 13.6 Å². The van der Waals surface area contributed by atoms with Gasteiger partial charge in [0.2, 0.25) is 6.41 Å². The van der Waals surface area contributed by atoms with Crippen LogP contribution < -0.4 is 10.8 Å². The second kappa shape index (κ2) is 4.82. The van der Waals surface area contributed by atoms with Crippen molar-refractivity contribution in [2.24, 2.45) is 0 Å². The van der Waals surface area contributed by atoms with Crippen molar-refractivity contribution in [1.82, 2.24) is 0 Å². The number of carbonyl (C=O) groups excluding carboxylic acids is 1. The number of anilines is 1. The van der Waals surface area contributed by atoms with Gasteiger partial charge in [-0.05, 0) is 45.3 Å². The smallest absolute Gasteiger partial charge is 0.399 e. The predicted octanol–water partition coefficient (Wildman–Crippen LogP) is 1.83. The highest BCUT2D eigenvalue weighted by atomic mass is 19.1. The van der Waals surface area contributed by atoms with Crippen LogP contribution in [0.1, 0.15) is 27.7 Å². The second-order valence-electron chi connectivity index (χ2n) is 5.71. The Labute approximate surface area is 116 Å². The van der Waals surface area contributed by atoms with Crippen molar-refractivity contribution < 1.29 is 22.9 Å². The highest BCUT2D eigenvalue weighted by Crippen LogP contribution is 2.36. The minimum Gasteiger partial charge on any atom is -0.399 e. The molecule has 0 spiro atoms. The van der Waals surface area contributed by atoms with Crippen molar-refractivity contribution in [3.63, 3.8) is 0 Å². The van der Waals surface area contributed by atoms with Gasteiger partial charge < -0.3 is 14.6 Å². The molecule has 1 aliphatic heterocycles. The Balaban J connectivity index is 2.34. The predicted molar refractivity (Wildman–Crippen MR) is 71.8 cm³/mol. The Bertz CT molecular complexity index is 509. The molecule has 0 aromatic heterocycles. The van der Waals surface area contributed by atoms with Gasteiger partial charge in [-0.1, -0.05) is 0 Å². The molecule has 7 heteroatoms. The van der Waals surface area contributed by atoms with Gasteiger partial charge in [0.15, 0.2) is 0 Å². The molecule has 2 rings (SSSR count). The lowest BCUT2D eigenvalue weighted by Gasteiger charge is -2.32. The molecule has 0 unspecified atom stereocenters. The Morgan fingerprint density at radius 3 is 1.95 bits per heavy atom. The Morgan fingerprint density at radius 2 is 1.55 bits per heavy atom. The minimum atomic E-state index is -0.873. The molecular formula is C13H16BF2NO3. The molecule has 0 radical (unpaired) electrons. The zero-order chi connectivity index (χ0) is 15.1. The number of halogens is 2. The lowest BCUT2D eigenvalue weighted by molar-refractivity contribution is -0.105. The Morgan fingerprint density at radius 1 is 1.10 bits per heavy atom. The van der Waals surface area contributed by atoms with Crippen LogP contribution in [0.4, 0.5) is 14.5 Å². The zero-order valence-electron chi connectivity index (χ0n) is 11.8. The topological polar surface area (TPSA) is 47.6 Å². The first-order valence-electron chi connectivity index (χ1n) is 6.23. The maximum Gasteiger partial charge on any atom is 0.495 e. The maximum atomic E-state index is 13.8. The summed E-state index contributed by atoms with van der Waals surface area (Å²) < 4.78 is 39.0. The third-order valence-electron chi connectivity index (χ3n) is 3.79. The van der Waals surface area contributed by atoms with Crippen molar-refractivity contribution in [3.05, 3.63) is 23.8 Å². The van der Waals surface area contributed by atoms with Gasteiger partial charge in [-0.3, -0.25) is 4.79 Å². The van der Waals surface area contributed by atoms with E-state index in [1.54, 1.807) is 0 Å². The van der Waals surface area contributed by atoms with Gasteiger partial charge in [-0.15, -0.1) is 0 Å². The van der Waals surface area contributed by atoms with Gasteiger partial charge >= 0.3 is 7.12 Å². The van der Waals surface area contributed by atoms with Crippen molar-refractivity contribution in [2.45, 2.75) is 38.9 Å². The van der Waals surface area contributed by atoms with Gasteiger partial charge in [0, 0.05) is 0 Å². The van der Waals surface area contributed by atoms with E-state index >= 15 is 0 Å². The molecule has 108 valence electrons. The highest BCUT2D eigenvalue weighted by molar-refractivity contribution is 6.62. The van der Waals surface area contributed by atoms with Gasteiger partial charge in [0.25, 0.3) is 0 Å². The third-order valence-corrected chi connectivity index (χ3v) is 3.79. The molecule has 4 nitrogen and oxygen atoms in total. The number of rotatable bonds is 3. The quantitative estimate of drug-likeness (QED) is 0.680. The van der Waals surface area contributed by atoms with Gasteiger partial charge in [-0.2, -0.15) is 0 Å². The summed E-state index contributed by atoms with van der Waals surface area (Å²) in [5.41, 5.74) is -1.44. The fraction of sp³-hybridized carbons (Fsp3) is 0.462. The molecule has 1 aromatic carbocycles. The summed E-state index contributed by atoms with van der Waals surface area (Å²) in [5, 5.41) is 1.98. The van der Waals surface area contributed by atoms with Crippen LogP contribution in [0.2, 0.25) is 0 Å². The fourth-order valence-corrected chi connectivity index (χ4v) is 1.90. The summed E-state index contributed by atoms with van der Waals surface area (Å²) in [4.78, 5) is 10.3. The molecule has 1 heterocycles. The van der Waals surface area contributed by atoms with Crippen molar-refractivity contribution >= 4 is 24.7 Å². The molecule has 0 bridgehead atoms. The first-order chi connectivity index (χ1) is 9.18. The summed E-state index contributed by atoms with van der Waals surface area (Å²) in [6.07, 6.45) is 0.218. The largest absolute Gasteiger partial charge is 0.495 e. The second-order valence-corrected chi connectivity index (χ2v) is 5.71. The van der Waals surface area contributed by atoms with Crippen LogP contribution in [0.15, 0.2) is 12.1 Å². The van der Waals surface area contributed by atoms with Gasteiger partial charge in [0.1, 0.15) is 17.3 Å². The van der Waals surface area contributed by atoms with Crippen LogP contribution in [0.5, 0.6) is 0 Å². The summed E-state index contributed by atoms with van der Waals surface area (Å²) >= 11 is 0. The standard InChI is InChI=1S/C13H16BF2NO3/c1-12(2)13(3,4)20-14(19-12)8-5-9(15)11(17-7-18)10(16)6-8/h5-7H,1-4H3,(H,17,18). The summed E-state index contributed by atoms with van der Waals surface area (Å²) in [5.74, 6) is -1.75. The molecule has 0 atom stereocenters. The number of benzene rings is 1. The number of nitrogens with one attached hydrogen (secondary N) is 1. The molecule has 1 N–H and O–H groups in total. The van der Waals surface area contributed by atoms with Crippen molar-refractivity contribution in [2.75, 3.05) is 5.32 Å². The van der Waals surface area contributed by atoms with E-state index < -0.39 is 35.6 Å². The van der Waals surface area contributed by atoms with E-state index in [1.807, 2.05) is 33.0 Å². The van der Waals surface area contributed by atoms with Crippen LogP contribution in [0, 0.1) is 11.6 Å². The molecule has 1 aromatic rings. The molecule has 1 saturated heterocycles. The average molecular weight is 283 g/mol. The normalized spacial score (nSPS) is 20.0. The minimum absolute atomic E-state index is 0.218. The van der Waals surface area contributed by atoms with E-state index in [0.717, 1.165) is 12.1 Å². The van der Waals surface area contributed by atoms with Crippen LogP contribution >= 0.6 is 0 Å². The summed E-state index contributed by atoms with van der Waals surface area (Å²) in [6, 6.07) is 2.19. The Kier molecular flexibility index (Phi) is 3.60. The number of hydrogen-bond acceptors (Lipinski definition) is 3. The maximum absolute atomic E-state index is 13.8. The van der Waals surface area contributed by atoms with Crippen LogP contribution in [0.3, 0.4) is 0 Å². The van der Waals surface area contributed by atoms with Crippen LogP contribution in [-0.4, -0.2) is 24.7 Å². The summed E-state index contributed by atoms with van der Waals surface area (Å²) in [6.45, 7) is 7.40. The molecule has 1 amide bonds. The molecule has 0 aliphatic carbocycles. The number of amides is 1. The number of hydrogen-bond donors (Lipinski definition) is 1. The fourth-order valence-electron chi connectivity index (χ4n) is 1.90. The summed E-state index contributed by atoms with van der Waals surface area (Å²) in [7, 11) is -0.853. The van der Waals surface area contributed by atoms with Crippen LogP contribution in [0.25, 0.3) is 0 Å². The van der Waals surface area contributed by atoms with Gasteiger partial charge in [-0.25, -0.2) is 8.78 Å². The van der Waals surface area contributed by atoms with Crippen molar-refractivity contribution in [3.8, 4) is 0 Å².